The molecule has 0 amide bonds. The molecule has 0 spiro atoms. The number of hydrogen-bond donors (Lipinski definition) is 3. The molecule has 2 aromatic rings. The first-order valence-electron chi connectivity index (χ1n) is 8.96. The normalized spacial score (nSPS) is 24.2. The van der Waals surface area contributed by atoms with E-state index in [0.29, 0.717) is 5.92 Å². The molecule has 1 saturated carbocycles. The van der Waals surface area contributed by atoms with Gasteiger partial charge in [-0.3, -0.25) is 5.10 Å². The highest BCUT2D eigenvalue weighted by Crippen LogP contribution is 2.39. The lowest BCUT2D eigenvalue weighted by Crippen LogP contribution is -2.46. The van der Waals surface area contributed by atoms with E-state index in [2.05, 4.69) is 36.8 Å². The molecule has 24 heavy (non-hydrogen) atoms. The van der Waals surface area contributed by atoms with E-state index in [4.69, 9.17) is 4.98 Å². The van der Waals surface area contributed by atoms with Crippen molar-refractivity contribution in [1.29, 1.82) is 0 Å². The Hall–Kier alpha value is -2.15. The summed E-state index contributed by atoms with van der Waals surface area (Å²) < 4.78 is 0. The van der Waals surface area contributed by atoms with Crippen molar-refractivity contribution in [1.82, 2.24) is 25.5 Å². The molecule has 0 bridgehead atoms. The molecule has 7 nitrogen and oxygen atoms in total. The van der Waals surface area contributed by atoms with Crippen LogP contribution in [0.3, 0.4) is 0 Å². The second-order valence-corrected chi connectivity index (χ2v) is 7.26. The molecule has 2 saturated heterocycles. The third-order valence-corrected chi connectivity index (χ3v) is 5.50. The van der Waals surface area contributed by atoms with Gasteiger partial charge in [0.1, 0.15) is 5.82 Å². The Balaban J connectivity index is 1.27. The minimum Gasteiger partial charge on any atom is -0.340 e. The van der Waals surface area contributed by atoms with Gasteiger partial charge >= 0.3 is 0 Å². The molecule has 2 aromatic heterocycles. The zero-order chi connectivity index (χ0) is 15.9. The number of anilines is 3. The predicted octanol–water partition coefficient (Wildman–Crippen LogP) is 1.87. The number of nitrogens with one attached hydrogen (secondary N) is 3. The van der Waals surface area contributed by atoms with Crippen molar-refractivity contribution >= 4 is 17.6 Å². The summed E-state index contributed by atoms with van der Waals surface area (Å²) in [7, 11) is 0. The van der Waals surface area contributed by atoms with Crippen molar-refractivity contribution < 1.29 is 0 Å². The molecule has 3 fully saturated rings. The number of nitrogens with zero attached hydrogens (tertiary/aromatic N) is 4. The minimum absolute atomic E-state index is 0.677. The van der Waals surface area contributed by atoms with Crippen molar-refractivity contribution in [2.45, 2.75) is 25.2 Å². The summed E-state index contributed by atoms with van der Waals surface area (Å²) in [6, 6.07) is 3.99. The lowest BCUT2D eigenvalue weighted by atomic mass is 9.87. The van der Waals surface area contributed by atoms with Crippen LogP contribution in [0.5, 0.6) is 0 Å². The van der Waals surface area contributed by atoms with E-state index in [1.54, 1.807) is 0 Å². The fourth-order valence-electron chi connectivity index (χ4n) is 3.70. The molecule has 2 aliphatic heterocycles. The maximum absolute atomic E-state index is 4.69. The van der Waals surface area contributed by atoms with Gasteiger partial charge in [0.15, 0.2) is 5.82 Å². The molecular weight excluding hydrogens is 302 g/mol. The van der Waals surface area contributed by atoms with Gasteiger partial charge in [-0.2, -0.15) is 10.1 Å². The molecule has 0 radical (unpaired) electrons. The van der Waals surface area contributed by atoms with E-state index in [-0.39, 0.29) is 0 Å². The average Bonchev–Trinajstić information content (AvgIpc) is 3.10. The molecule has 5 rings (SSSR count). The second-order valence-electron chi connectivity index (χ2n) is 7.26. The van der Waals surface area contributed by atoms with E-state index in [1.807, 2.05) is 12.3 Å². The van der Waals surface area contributed by atoms with Gasteiger partial charge < -0.3 is 15.5 Å². The number of rotatable bonds is 5. The van der Waals surface area contributed by atoms with Crippen molar-refractivity contribution in [2.75, 3.05) is 36.4 Å². The molecular formula is C17H23N7. The lowest BCUT2D eigenvalue weighted by Gasteiger charge is -2.32. The highest BCUT2D eigenvalue weighted by Gasteiger charge is 2.33. The molecule has 1 aliphatic carbocycles. The van der Waals surface area contributed by atoms with Gasteiger partial charge in [-0.05, 0) is 50.3 Å². The van der Waals surface area contributed by atoms with Crippen molar-refractivity contribution in [3.05, 3.63) is 24.0 Å². The Bertz CT molecular complexity index is 719. The van der Waals surface area contributed by atoms with Gasteiger partial charge in [0.2, 0.25) is 5.95 Å². The summed E-state index contributed by atoms with van der Waals surface area (Å²) in [6.45, 7) is 4.47. The standard InChI is InChI=1S/C17H23N7/c1-2-11(1)14-7-16(23-22-14)20-15-3-5-19-17(21-15)24-6-4-12(10-24)13-8-18-9-13/h3,5,7,11-13,18H,1-2,4,6,8-10H2,(H2,19,20,21,22,23)/t12-/m1/s1. The Labute approximate surface area is 141 Å². The Morgan fingerprint density at radius 1 is 1.12 bits per heavy atom. The van der Waals surface area contributed by atoms with Crippen LogP contribution < -0.4 is 15.5 Å². The second kappa shape index (κ2) is 5.73. The van der Waals surface area contributed by atoms with Crippen LogP contribution in [0.4, 0.5) is 17.6 Å². The largest absolute Gasteiger partial charge is 0.340 e. The van der Waals surface area contributed by atoms with Gasteiger partial charge in [0, 0.05) is 37.0 Å². The summed E-state index contributed by atoms with van der Waals surface area (Å²) in [5, 5.41) is 14.1. The Morgan fingerprint density at radius 3 is 2.83 bits per heavy atom. The number of H-pyrrole nitrogens is 1. The third-order valence-electron chi connectivity index (χ3n) is 5.50. The van der Waals surface area contributed by atoms with Crippen LogP contribution in [0.1, 0.15) is 30.9 Å². The molecule has 4 heterocycles. The summed E-state index contributed by atoms with van der Waals surface area (Å²) in [5.41, 5.74) is 1.23. The third kappa shape index (κ3) is 2.73. The van der Waals surface area contributed by atoms with Crippen molar-refractivity contribution in [3.63, 3.8) is 0 Å². The topological polar surface area (TPSA) is 81.8 Å². The van der Waals surface area contributed by atoms with E-state index in [0.717, 1.165) is 42.5 Å². The van der Waals surface area contributed by atoms with Crippen LogP contribution >= 0.6 is 0 Å². The van der Waals surface area contributed by atoms with E-state index in [1.165, 1.54) is 38.0 Å². The first-order chi connectivity index (χ1) is 11.8. The number of aromatic amines is 1. The molecule has 7 heteroatoms. The fourth-order valence-corrected chi connectivity index (χ4v) is 3.70. The Kier molecular flexibility index (Phi) is 3.40. The smallest absolute Gasteiger partial charge is 0.227 e. The van der Waals surface area contributed by atoms with Crippen LogP contribution in [0, 0.1) is 11.8 Å². The van der Waals surface area contributed by atoms with Crippen LogP contribution in [-0.2, 0) is 0 Å². The molecule has 0 unspecified atom stereocenters. The summed E-state index contributed by atoms with van der Waals surface area (Å²) in [4.78, 5) is 11.5. The molecule has 3 N–H and O–H groups in total. The van der Waals surface area contributed by atoms with E-state index < -0.39 is 0 Å². The summed E-state index contributed by atoms with van der Waals surface area (Å²) >= 11 is 0. The van der Waals surface area contributed by atoms with Gasteiger partial charge in [-0.1, -0.05) is 0 Å². The SMILES string of the molecule is c1cc(Nc2cc(C3CC3)[nH]n2)nc(N2CC[C@@H](C3CNC3)C2)n1. The van der Waals surface area contributed by atoms with Gasteiger partial charge in [0.05, 0.1) is 0 Å². The zero-order valence-electron chi connectivity index (χ0n) is 13.7. The van der Waals surface area contributed by atoms with E-state index in [9.17, 15) is 0 Å². The summed E-state index contributed by atoms with van der Waals surface area (Å²) in [5.74, 6) is 4.76. The monoisotopic (exact) mass is 325 g/mol. The molecule has 126 valence electrons. The summed E-state index contributed by atoms with van der Waals surface area (Å²) in [6.07, 6.45) is 5.62. The van der Waals surface area contributed by atoms with Crippen molar-refractivity contribution in [3.8, 4) is 0 Å². The molecule has 1 atom stereocenters. The van der Waals surface area contributed by atoms with Gasteiger partial charge in [-0.25, -0.2) is 4.98 Å². The number of hydrogen-bond acceptors (Lipinski definition) is 6. The van der Waals surface area contributed by atoms with Crippen molar-refractivity contribution in [2.24, 2.45) is 11.8 Å². The Morgan fingerprint density at radius 2 is 2.04 bits per heavy atom. The quantitative estimate of drug-likeness (QED) is 0.778. The molecule has 0 aromatic carbocycles. The minimum atomic E-state index is 0.677. The lowest BCUT2D eigenvalue weighted by molar-refractivity contribution is 0.250. The van der Waals surface area contributed by atoms with Crippen LogP contribution in [0.25, 0.3) is 0 Å². The maximum atomic E-state index is 4.69. The van der Waals surface area contributed by atoms with E-state index >= 15 is 0 Å². The van der Waals surface area contributed by atoms with Crippen LogP contribution in [0.15, 0.2) is 18.3 Å². The van der Waals surface area contributed by atoms with Gasteiger partial charge in [0.25, 0.3) is 0 Å². The molecule has 3 aliphatic rings. The van der Waals surface area contributed by atoms with Crippen LogP contribution in [-0.4, -0.2) is 46.3 Å². The maximum Gasteiger partial charge on any atom is 0.227 e. The average molecular weight is 325 g/mol. The zero-order valence-corrected chi connectivity index (χ0v) is 13.7. The van der Waals surface area contributed by atoms with Crippen LogP contribution in [0.2, 0.25) is 0 Å². The first-order valence-corrected chi connectivity index (χ1v) is 8.96. The van der Waals surface area contributed by atoms with Gasteiger partial charge in [-0.15, -0.1) is 0 Å². The highest BCUT2D eigenvalue weighted by molar-refractivity contribution is 5.53. The predicted molar refractivity (Wildman–Crippen MR) is 92.6 cm³/mol. The fraction of sp³-hybridized carbons (Fsp3) is 0.588. The first kappa shape index (κ1) is 14.2. The number of aromatic nitrogens is 4. The highest BCUT2D eigenvalue weighted by atomic mass is 15.3.